The van der Waals surface area contributed by atoms with Crippen LogP contribution in [0.1, 0.15) is 77.3 Å². The summed E-state index contributed by atoms with van der Waals surface area (Å²) in [6.07, 6.45) is 0.704. The lowest BCUT2D eigenvalue weighted by atomic mass is 9.92. The van der Waals surface area contributed by atoms with E-state index in [1.54, 1.807) is 0 Å². The Morgan fingerprint density at radius 1 is 0.957 bits per heavy atom. The molecule has 23 heavy (non-hydrogen) atoms. The van der Waals surface area contributed by atoms with E-state index >= 15 is 0 Å². The molecule has 1 unspecified atom stereocenters. The molecule has 1 atom stereocenters. The molecule has 1 aromatic rings. The van der Waals surface area contributed by atoms with E-state index in [1.165, 1.54) is 0 Å². The normalized spacial score (nSPS) is 12.3. The van der Waals surface area contributed by atoms with Gasteiger partial charge in [0.25, 0.3) is 0 Å². The van der Waals surface area contributed by atoms with Gasteiger partial charge in [-0.3, -0.25) is 9.59 Å². The molecule has 1 rings (SSSR count). The first kappa shape index (κ1) is 19.2. The smallest absolute Gasteiger partial charge is 0.233 e. The number of rotatable bonds is 7. The van der Waals surface area contributed by atoms with E-state index in [2.05, 4.69) is 38.3 Å². The molecule has 0 aliphatic rings. The van der Waals surface area contributed by atoms with Crippen LogP contribution in [0, 0.1) is 0 Å². The van der Waals surface area contributed by atoms with Crippen LogP contribution in [0.25, 0.3) is 0 Å². The molecule has 2 amide bonds. The molecule has 2 N–H and O–H groups in total. The van der Waals surface area contributed by atoms with Crippen molar-refractivity contribution in [2.24, 2.45) is 0 Å². The van der Waals surface area contributed by atoms with Crippen LogP contribution in [0.4, 0.5) is 5.69 Å². The maximum absolute atomic E-state index is 12.3. The first-order valence-corrected chi connectivity index (χ1v) is 8.48. The molecule has 0 saturated carbocycles. The van der Waals surface area contributed by atoms with E-state index in [4.69, 9.17) is 0 Å². The van der Waals surface area contributed by atoms with Crippen LogP contribution in [-0.2, 0) is 9.59 Å². The molecule has 0 spiro atoms. The van der Waals surface area contributed by atoms with Crippen LogP contribution in [0.15, 0.2) is 18.2 Å². The highest BCUT2D eigenvalue weighted by atomic mass is 16.2. The molecule has 0 aliphatic heterocycles. The van der Waals surface area contributed by atoms with E-state index < -0.39 is 0 Å². The quantitative estimate of drug-likeness (QED) is 0.741. The molecule has 0 saturated heterocycles. The van der Waals surface area contributed by atoms with Crippen molar-refractivity contribution in [3.63, 3.8) is 0 Å². The third-order valence-electron chi connectivity index (χ3n) is 3.98. The summed E-state index contributed by atoms with van der Waals surface area (Å²) in [5.41, 5.74) is 3.07. The number of para-hydroxylation sites is 1. The number of anilines is 1. The van der Waals surface area contributed by atoms with Crippen LogP contribution in [0.2, 0.25) is 0 Å². The van der Waals surface area contributed by atoms with Crippen LogP contribution >= 0.6 is 0 Å². The zero-order chi connectivity index (χ0) is 17.6. The largest absolute Gasteiger partial charge is 0.353 e. The van der Waals surface area contributed by atoms with Gasteiger partial charge in [0.1, 0.15) is 6.42 Å². The molecule has 128 valence electrons. The number of carbonyl (C=O) groups excluding carboxylic acids is 2. The van der Waals surface area contributed by atoms with Crippen molar-refractivity contribution >= 4 is 17.5 Å². The lowest BCUT2D eigenvalue weighted by molar-refractivity contribution is -0.127. The average Bonchev–Trinajstić information content (AvgIpc) is 2.46. The van der Waals surface area contributed by atoms with Crippen LogP contribution in [-0.4, -0.2) is 17.9 Å². The Labute approximate surface area is 140 Å². The summed E-state index contributed by atoms with van der Waals surface area (Å²) >= 11 is 0. The minimum Gasteiger partial charge on any atom is -0.353 e. The zero-order valence-corrected chi connectivity index (χ0v) is 15.2. The Hall–Kier alpha value is -1.84. The van der Waals surface area contributed by atoms with Gasteiger partial charge in [0.2, 0.25) is 11.8 Å². The van der Waals surface area contributed by atoms with E-state index in [1.807, 2.05) is 32.0 Å². The lowest BCUT2D eigenvalue weighted by Crippen LogP contribution is -2.34. The fraction of sp³-hybridized carbons (Fsp3) is 0.579. The maximum atomic E-state index is 12.3. The van der Waals surface area contributed by atoms with Crippen LogP contribution < -0.4 is 10.6 Å². The second kappa shape index (κ2) is 8.70. The molecule has 1 aromatic carbocycles. The van der Waals surface area contributed by atoms with E-state index in [0.717, 1.165) is 23.2 Å². The maximum Gasteiger partial charge on any atom is 0.233 e. The summed E-state index contributed by atoms with van der Waals surface area (Å²) in [6.45, 7) is 12.3. The molecule has 4 heteroatoms. The number of nitrogens with one attached hydrogen (secondary N) is 2. The van der Waals surface area contributed by atoms with Crippen molar-refractivity contribution in [1.29, 1.82) is 0 Å². The van der Waals surface area contributed by atoms with Gasteiger partial charge in [0.05, 0.1) is 0 Å². The van der Waals surface area contributed by atoms with Crippen molar-refractivity contribution in [2.45, 2.75) is 72.3 Å². The molecule has 0 heterocycles. The van der Waals surface area contributed by atoms with Crippen LogP contribution in [0.5, 0.6) is 0 Å². The summed E-state index contributed by atoms with van der Waals surface area (Å²) in [6, 6.07) is 6.18. The van der Waals surface area contributed by atoms with Gasteiger partial charge in [-0.05, 0) is 36.3 Å². The van der Waals surface area contributed by atoms with Crippen molar-refractivity contribution in [3.05, 3.63) is 29.3 Å². The fourth-order valence-corrected chi connectivity index (χ4v) is 2.45. The Kier molecular flexibility index (Phi) is 7.27. The standard InChI is InChI=1S/C19H30N2O2/c1-7-14(6)20-17(22)11-18(23)21-19-15(12(2)3)9-8-10-16(19)13(4)5/h8-10,12-14H,7,11H2,1-6H3,(H,20,22)(H,21,23). The molecule has 0 bridgehead atoms. The third-order valence-corrected chi connectivity index (χ3v) is 3.98. The average molecular weight is 318 g/mol. The number of carbonyl (C=O) groups is 2. The summed E-state index contributed by atoms with van der Waals surface area (Å²) < 4.78 is 0. The summed E-state index contributed by atoms with van der Waals surface area (Å²) in [5, 5.41) is 5.79. The number of amides is 2. The Bertz CT molecular complexity index is 524. The second-order valence-electron chi connectivity index (χ2n) is 6.72. The van der Waals surface area contributed by atoms with Gasteiger partial charge < -0.3 is 10.6 Å². The second-order valence-corrected chi connectivity index (χ2v) is 6.72. The van der Waals surface area contributed by atoms with Gasteiger partial charge in [-0.1, -0.05) is 52.8 Å². The van der Waals surface area contributed by atoms with Gasteiger partial charge in [0.15, 0.2) is 0 Å². The first-order chi connectivity index (χ1) is 10.8. The van der Waals surface area contributed by atoms with Gasteiger partial charge >= 0.3 is 0 Å². The van der Waals surface area contributed by atoms with E-state index in [9.17, 15) is 9.59 Å². The molecule has 0 aromatic heterocycles. The summed E-state index contributed by atoms with van der Waals surface area (Å²) in [5.74, 6) is 0.113. The number of benzene rings is 1. The number of hydrogen-bond acceptors (Lipinski definition) is 2. The highest BCUT2D eigenvalue weighted by Gasteiger charge is 2.17. The minimum atomic E-state index is -0.263. The topological polar surface area (TPSA) is 58.2 Å². The molecule has 0 radical (unpaired) electrons. The minimum absolute atomic E-state index is 0.0875. The summed E-state index contributed by atoms with van der Waals surface area (Å²) in [4.78, 5) is 24.1. The molecule has 0 aliphatic carbocycles. The highest BCUT2D eigenvalue weighted by molar-refractivity contribution is 6.04. The van der Waals surface area contributed by atoms with Gasteiger partial charge in [-0.2, -0.15) is 0 Å². The lowest BCUT2D eigenvalue weighted by Gasteiger charge is -2.20. The van der Waals surface area contributed by atoms with Gasteiger partial charge in [-0.15, -0.1) is 0 Å². The Morgan fingerprint density at radius 3 is 1.91 bits per heavy atom. The molecular weight excluding hydrogens is 288 g/mol. The molecular formula is C19H30N2O2. The van der Waals surface area contributed by atoms with Crippen molar-refractivity contribution in [1.82, 2.24) is 5.32 Å². The molecule has 0 fully saturated rings. The van der Waals surface area contributed by atoms with Crippen molar-refractivity contribution in [3.8, 4) is 0 Å². The fourth-order valence-electron chi connectivity index (χ4n) is 2.45. The third kappa shape index (κ3) is 5.70. The summed E-state index contributed by atoms with van der Waals surface area (Å²) in [7, 11) is 0. The van der Waals surface area contributed by atoms with Crippen molar-refractivity contribution in [2.75, 3.05) is 5.32 Å². The van der Waals surface area contributed by atoms with Gasteiger partial charge in [-0.25, -0.2) is 0 Å². The highest BCUT2D eigenvalue weighted by Crippen LogP contribution is 2.32. The molecule has 4 nitrogen and oxygen atoms in total. The van der Waals surface area contributed by atoms with Crippen LogP contribution in [0.3, 0.4) is 0 Å². The van der Waals surface area contributed by atoms with Crippen molar-refractivity contribution < 1.29 is 9.59 Å². The SMILES string of the molecule is CCC(C)NC(=O)CC(=O)Nc1c(C(C)C)cccc1C(C)C. The number of hydrogen-bond donors (Lipinski definition) is 2. The Morgan fingerprint density at radius 2 is 1.48 bits per heavy atom. The predicted octanol–water partition coefficient (Wildman–Crippen LogP) is 4.18. The zero-order valence-electron chi connectivity index (χ0n) is 15.2. The predicted molar refractivity (Wildman–Crippen MR) is 95.8 cm³/mol. The Balaban J connectivity index is 2.90. The monoisotopic (exact) mass is 318 g/mol. The van der Waals surface area contributed by atoms with Gasteiger partial charge in [0, 0.05) is 11.7 Å². The van der Waals surface area contributed by atoms with E-state index in [0.29, 0.717) is 11.8 Å². The van der Waals surface area contributed by atoms with E-state index in [-0.39, 0.29) is 24.3 Å². The first-order valence-electron chi connectivity index (χ1n) is 8.48.